The van der Waals surface area contributed by atoms with E-state index < -0.39 is 0 Å². The van der Waals surface area contributed by atoms with Gasteiger partial charge in [-0.25, -0.2) is 0 Å². The number of fused-ring (bicyclic) bond motifs is 9. The van der Waals surface area contributed by atoms with Crippen LogP contribution in [0.3, 0.4) is 0 Å². The number of nitrogens with zero attached hydrogens (tertiary/aromatic N) is 1. The molecule has 0 saturated heterocycles. The van der Waals surface area contributed by atoms with Crippen LogP contribution in [0.1, 0.15) is 26.2 Å². The lowest BCUT2D eigenvalue weighted by Crippen LogP contribution is -2.36. The minimum absolute atomic E-state index is 0.0180. The highest BCUT2D eigenvalue weighted by Crippen LogP contribution is 2.70. The molecule has 4 bridgehead atoms. The summed E-state index contributed by atoms with van der Waals surface area (Å²) >= 11 is 0. The fourth-order valence-corrected chi connectivity index (χ4v) is 5.50. The molecule has 15 heavy (non-hydrogen) atoms. The van der Waals surface area contributed by atoms with Crippen LogP contribution < -0.4 is 0 Å². The molecule has 78 valence electrons. The van der Waals surface area contributed by atoms with Crippen LogP contribution in [0.5, 0.6) is 0 Å². The number of rotatable bonds is 0. The Kier molecular flexibility index (Phi) is 1.30. The minimum atomic E-state index is 0.0180. The summed E-state index contributed by atoms with van der Waals surface area (Å²) in [4.78, 5) is 0. The average Bonchev–Trinajstić information content (AvgIpc) is 2.93. The van der Waals surface area contributed by atoms with Gasteiger partial charge in [0, 0.05) is 0 Å². The van der Waals surface area contributed by atoms with Crippen LogP contribution in [0, 0.1) is 52.3 Å². The van der Waals surface area contributed by atoms with Gasteiger partial charge in [0.15, 0.2) is 0 Å². The maximum atomic E-state index is 9.37. The molecule has 3 fully saturated rings. The monoisotopic (exact) mass is 199 g/mol. The summed E-state index contributed by atoms with van der Waals surface area (Å²) < 4.78 is 0. The van der Waals surface area contributed by atoms with Crippen molar-refractivity contribution in [2.45, 2.75) is 26.2 Å². The lowest BCUT2D eigenvalue weighted by atomic mass is 9.63. The lowest BCUT2D eigenvalue weighted by Gasteiger charge is -2.39. The standard InChI is InChI=1S/C14H17N/c1-14(7-15)6-10-5-11(14)13-9-3-2-8(4-9)12(10)13/h2-3,8-13H,4-6H2,1H3. The van der Waals surface area contributed by atoms with Crippen LogP contribution in [0.15, 0.2) is 12.2 Å². The van der Waals surface area contributed by atoms with Crippen LogP contribution in [0.2, 0.25) is 0 Å². The normalized spacial score (nSPS) is 63.5. The predicted octanol–water partition coefficient (Wildman–Crippen LogP) is 2.99. The van der Waals surface area contributed by atoms with E-state index in [9.17, 15) is 5.26 Å². The van der Waals surface area contributed by atoms with Crippen LogP contribution >= 0.6 is 0 Å². The van der Waals surface area contributed by atoms with Gasteiger partial charge >= 0.3 is 0 Å². The van der Waals surface area contributed by atoms with Crippen molar-refractivity contribution in [3.63, 3.8) is 0 Å². The summed E-state index contributed by atoms with van der Waals surface area (Å²) in [6.07, 6.45) is 8.87. The highest BCUT2D eigenvalue weighted by atomic mass is 14.7. The van der Waals surface area contributed by atoms with E-state index in [0.29, 0.717) is 0 Å². The van der Waals surface area contributed by atoms with E-state index in [1.165, 1.54) is 19.3 Å². The first-order valence-corrected chi connectivity index (χ1v) is 6.32. The van der Waals surface area contributed by atoms with Crippen molar-refractivity contribution in [3.05, 3.63) is 12.2 Å². The van der Waals surface area contributed by atoms with E-state index in [1.807, 2.05) is 0 Å². The van der Waals surface area contributed by atoms with Crippen molar-refractivity contribution >= 4 is 0 Å². The molecule has 0 aliphatic heterocycles. The first-order chi connectivity index (χ1) is 7.23. The molecular formula is C14H17N. The fraction of sp³-hybridized carbons (Fsp3) is 0.786. The Morgan fingerprint density at radius 3 is 2.67 bits per heavy atom. The molecule has 0 amide bonds. The van der Waals surface area contributed by atoms with Gasteiger partial charge in [-0.2, -0.15) is 5.26 Å². The fourth-order valence-electron chi connectivity index (χ4n) is 5.50. The second kappa shape index (κ2) is 2.32. The van der Waals surface area contributed by atoms with Gasteiger partial charge in [0.1, 0.15) is 0 Å². The van der Waals surface area contributed by atoms with Crippen molar-refractivity contribution in [3.8, 4) is 6.07 Å². The summed E-state index contributed by atoms with van der Waals surface area (Å²) in [5.41, 5.74) is 0.0180. The molecule has 0 spiro atoms. The first-order valence-electron chi connectivity index (χ1n) is 6.32. The zero-order valence-corrected chi connectivity index (χ0v) is 9.19. The van der Waals surface area contributed by atoms with Gasteiger partial charge in [0.2, 0.25) is 0 Å². The van der Waals surface area contributed by atoms with Gasteiger partial charge in [-0.05, 0) is 61.7 Å². The second-order valence-electron chi connectivity index (χ2n) is 6.44. The molecule has 1 heteroatoms. The molecule has 4 aliphatic rings. The van der Waals surface area contributed by atoms with Crippen molar-refractivity contribution in [1.82, 2.24) is 0 Å². The third-order valence-corrected chi connectivity index (χ3v) is 5.91. The number of hydrogen-bond acceptors (Lipinski definition) is 1. The molecule has 4 aliphatic carbocycles. The first kappa shape index (κ1) is 8.39. The summed E-state index contributed by atoms with van der Waals surface area (Å²) in [5.74, 6) is 5.16. The molecule has 4 rings (SSSR count). The van der Waals surface area contributed by atoms with Crippen molar-refractivity contribution in [2.24, 2.45) is 40.9 Å². The molecular weight excluding hydrogens is 182 g/mol. The molecule has 7 unspecified atom stereocenters. The summed E-state index contributed by atoms with van der Waals surface area (Å²) in [6, 6.07) is 2.62. The molecule has 7 atom stereocenters. The van der Waals surface area contributed by atoms with Crippen LogP contribution in [-0.2, 0) is 0 Å². The lowest BCUT2D eigenvalue weighted by molar-refractivity contribution is 0.117. The predicted molar refractivity (Wildman–Crippen MR) is 57.7 cm³/mol. The Morgan fingerprint density at radius 1 is 1.20 bits per heavy atom. The maximum Gasteiger partial charge on any atom is 0.0689 e. The van der Waals surface area contributed by atoms with E-state index in [0.717, 1.165) is 35.5 Å². The maximum absolute atomic E-state index is 9.37. The molecule has 0 radical (unpaired) electrons. The summed E-state index contributed by atoms with van der Waals surface area (Å²) in [5, 5.41) is 9.37. The highest BCUT2D eigenvalue weighted by Gasteiger charge is 2.64. The van der Waals surface area contributed by atoms with E-state index in [1.54, 1.807) is 0 Å². The third kappa shape index (κ3) is 0.781. The van der Waals surface area contributed by atoms with Crippen LogP contribution in [0.4, 0.5) is 0 Å². The Balaban J connectivity index is 1.78. The second-order valence-corrected chi connectivity index (χ2v) is 6.44. The van der Waals surface area contributed by atoms with Gasteiger partial charge < -0.3 is 0 Å². The van der Waals surface area contributed by atoms with E-state index in [2.05, 4.69) is 25.1 Å². The highest BCUT2D eigenvalue weighted by molar-refractivity contribution is 5.24. The van der Waals surface area contributed by atoms with E-state index >= 15 is 0 Å². The third-order valence-electron chi connectivity index (χ3n) is 5.91. The van der Waals surface area contributed by atoms with E-state index in [4.69, 9.17) is 0 Å². The van der Waals surface area contributed by atoms with Crippen molar-refractivity contribution in [1.29, 1.82) is 5.26 Å². The quantitative estimate of drug-likeness (QED) is 0.434. The van der Waals surface area contributed by atoms with Gasteiger partial charge in [0.05, 0.1) is 11.5 Å². The Hall–Kier alpha value is -0.770. The summed E-state index contributed by atoms with van der Waals surface area (Å²) in [6.45, 7) is 2.21. The smallest absolute Gasteiger partial charge is 0.0689 e. The van der Waals surface area contributed by atoms with Crippen LogP contribution in [-0.4, -0.2) is 0 Å². The van der Waals surface area contributed by atoms with Crippen LogP contribution in [0.25, 0.3) is 0 Å². The average molecular weight is 199 g/mol. The minimum Gasteiger partial charge on any atom is -0.198 e. The molecule has 0 aromatic heterocycles. The van der Waals surface area contributed by atoms with Gasteiger partial charge in [-0.1, -0.05) is 12.2 Å². The topological polar surface area (TPSA) is 23.8 Å². The molecule has 3 saturated carbocycles. The van der Waals surface area contributed by atoms with Gasteiger partial charge in [0.25, 0.3) is 0 Å². The van der Waals surface area contributed by atoms with Crippen molar-refractivity contribution in [2.75, 3.05) is 0 Å². The zero-order chi connectivity index (χ0) is 10.2. The zero-order valence-electron chi connectivity index (χ0n) is 9.19. The SMILES string of the molecule is CC1(C#N)CC2CC1C1C3C=CC(C3)C21. The van der Waals surface area contributed by atoms with Gasteiger partial charge in [-0.15, -0.1) is 0 Å². The number of nitriles is 1. The molecule has 0 N–H and O–H groups in total. The van der Waals surface area contributed by atoms with E-state index in [-0.39, 0.29) is 5.41 Å². The largest absolute Gasteiger partial charge is 0.198 e. The van der Waals surface area contributed by atoms with Gasteiger partial charge in [-0.3, -0.25) is 0 Å². The Bertz CT molecular complexity index is 391. The Morgan fingerprint density at radius 2 is 1.93 bits per heavy atom. The van der Waals surface area contributed by atoms with Crippen molar-refractivity contribution < 1.29 is 0 Å². The Labute approximate surface area is 91.2 Å². The number of allylic oxidation sites excluding steroid dienone is 2. The molecule has 0 heterocycles. The number of hydrogen-bond donors (Lipinski definition) is 0. The summed E-state index contributed by atoms with van der Waals surface area (Å²) in [7, 11) is 0. The molecule has 0 aromatic rings. The molecule has 0 aromatic carbocycles. The molecule has 1 nitrogen and oxygen atoms in total.